The van der Waals surface area contributed by atoms with E-state index in [2.05, 4.69) is 9.97 Å². The van der Waals surface area contributed by atoms with Crippen LogP contribution in [0.5, 0.6) is 0 Å². The highest BCUT2D eigenvalue weighted by molar-refractivity contribution is 5.99. The summed E-state index contributed by atoms with van der Waals surface area (Å²) in [6, 6.07) is 5.04. The minimum Gasteiger partial charge on any atom is -0.463 e. The van der Waals surface area contributed by atoms with Crippen molar-refractivity contribution >= 4 is 23.4 Å². The number of piperazine rings is 1. The van der Waals surface area contributed by atoms with Crippen LogP contribution in [0.4, 0.5) is 0 Å². The molecule has 10 nitrogen and oxygen atoms in total. The Bertz CT molecular complexity index is 1140. The van der Waals surface area contributed by atoms with Crippen LogP contribution in [-0.2, 0) is 4.79 Å². The Morgan fingerprint density at radius 3 is 2.47 bits per heavy atom. The van der Waals surface area contributed by atoms with Crippen molar-refractivity contribution in [1.29, 1.82) is 0 Å². The van der Waals surface area contributed by atoms with E-state index < -0.39 is 5.91 Å². The average Bonchev–Trinajstić information content (AvgIpc) is 3.28. The first-order valence-electron chi connectivity index (χ1n) is 9.83. The Kier molecular flexibility index (Phi) is 4.27. The van der Waals surface area contributed by atoms with Gasteiger partial charge < -0.3 is 20.0 Å². The van der Waals surface area contributed by atoms with Gasteiger partial charge in [-0.3, -0.25) is 18.8 Å². The minimum atomic E-state index is -0.729. The summed E-state index contributed by atoms with van der Waals surface area (Å²) in [4.78, 5) is 49.4. The predicted molar refractivity (Wildman–Crippen MR) is 104 cm³/mol. The molecule has 2 aliphatic rings. The van der Waals surface area contributed by atoms with Gasteiger partial charge in [-0.05, 0) is 31.0 Å². The number of aromatic nitrogens is 3. The summed E-state index contributed by atoms with van der Waals surface area (Å²) in [5.74, 6) is -0.146. The molecule has 1 saturated heterocycles. The third-order valence-corrected chi connectivity index (χ3v) is 5.53. The lowest BCUT2D eigenvalue weighted by molar-refractivity contribution is -0.134. The van der Waals surface area contributed by atoms with Crippen molar-refractivity contribution in [1.82, 2.24) is 24.2 Å². The van der Waals surface area contributed by atoms with Gasteiger partial charge in [-0.1, -0.05) is 0 Å². The Hall–Kier alpha value is -3.69. The Labute approximate surface area is 171 Å². The molecule has 4 heterocycles. The molecule has 2 N–H and O–H groups in total. The fourth-order valence-electron chi connectivity index (χ4n) is 3.74. The zero-order valence-corrected chi connectivity index (χ0v) is 16.2. The smallest absolute Gasteiger partial charge is 0.271 e. The highest BCUT2D eigenvalue weighted by atomic mass is 16.3. The second-order valence-corrected chi connectivity index (χ2v) is 7.55. The van der Waals surface area contributed by atoms with E-state index in [1.165, 1.54) is 17.0 Å². The number of furan rings is 1. The number of imidazole rings is 1. The molecular weight excluding hydrogens is 388 g/mol. The topological polar surface area (TPSA) is 127 Å². The number of amides is 3. The maximum Gasteiger partial charge on any atom is 0.271 e. The summed E-state index contributed by atoms with van der Waals surface area (Å²) in [7, 11) is 0. The first kappa shape index (κ1) is 18.3. The summed E-state index contributed by atoms with van der Waals surface area (Å²) in [5.41, 5.74) is 6.31. The van der Waals surface area contributed by atoms with Gasteiger partial charge in [0.1, 0.15) is 17.7 Å². The fraction of sp³-hybridized carbons (Fsp3) is 0.350. The molecule has 5 rings (SSSR count). The molecule has 3 aromatic rings. The van der Waals surface area contributed by atoms with E-state index in [9.17, 15) is 14.4 Å². The third kappa shape index (κ3) is 3.10. The van der Waals surface area contributed by atoms with Crippen LogP contribution in [0, 0.1) is 5.92 Å². The first-order chi connectivity index (χ1) is 14.5. The minimum absolute atomic E-state index is 0.0164. The molecule has 30 heavy (non-hydrogen) atoms. The number of hydrogen-bond donors (Lipinski definition) is 1. The highest BCUT2D eigenvalue weighted by Gasteiger charge is 2.35. The van der Waals surface area contributed by atoms with Gasteiger partial charge in [0.2, 0.25) is 5.91 Å². The number of nitrogens with zero attached hydrogens (tertiary/aromatic N) is 5. The normalized spacial score (nSPS) is 16.8. The Balaban J connectivity index is 1.47. The molecule has 0 spiro atoms. The van der Waals surface area contributed by atoms with Crippen LogP contribution in [0.25, 0.3) is 17.1 Å². The number of primary amides is 1. The number of hydrogen-bond acceptors (Lipinski definition) is 6. The molecule has 0 aromatic carbocycles. The van der Waals surface area contributed by atoms with E-state index in [0.717, 1.165) is 12.8 Å². The Morgan fingerprint density at radius 2 is 1.83 bits per heavy atom. The molecule has 0 atom stereocenters. The van der Waals surface area contributed by atoms with Crippen molar-refractivity contribution in [2.24, 2.45) is 11.7 Å². The van der Waals surface area contributed by atoms with Gasteiger partial charge >= 0.3 is 0 Å². The fourth-order valence-corrected chi connectivity index (χ4v) is 3.74. The molecule has 1 aliphatic carbocycles. The number of carbonyl (C=O) groups excluding carboxylic acids is 3. The molecular formula is C20H20N6O4. The van der Waals surface area contributed by atoms with E-state index in [1.54, 1.807) is 23.1 Å². The van der Waals surface area contributed by atoms with Crippen LogP contribution in [0.15, 0.2) is 35.2 Å². The number of nitrogens with two attached hydrogens (primary N) is 1. The van der Waals surface area contributed by atoms with Crippen molar-refractivity contribution in [2.45, 2.75) is 12.8 Å². The maximum absolute atomic E-state index is 13.3. The molecule has 3 amide bonds. The molecule has 3 aromatic heterocycles. The van der Waals surface area contributed by atoms with Gasteiger partial charge in [0.05, 0.1) is 6.26 Å². The summed E-state index contributed by atoms with van der Waals surface area (Å²) in [5, 5.41) is 0. The lowest BCUT2D eigenvalue weighted by Gasteiger charge is -2.35. The molecule has 0 unspecified atom stereocenters. The lowest BCUT2D eigenvalue weighted by Crippen LogP contribution is -2.51. The average molecular weight is 408 g/mol. The van der Waals surface area contributed by atoms with Crippen LogP contribution in [-0.4, -0.2) is 68.1 Å². The quantitative estimate of drug-likeness (QED) is 0.680. The molecule has 1 saturated carbocycles. The van der Waals surface area contributed by atoms with Crippen LogP contribution in [0.2, 0.25) is 0 Å². The third-order valence-electron chi connectivity index (χ3n) is 5.53. The second-order valence-electron chi connectivity index (χ2n) is 7.55. The van der Waals surface area contributed by atoms with Crippen molar-refractivity contribution in [2.75, 3.05) is 26.2 Å². The summed E-state index contributed by atoms with van der Waals surface area (Å²) >= 11 is 0. The summed E-state index contributed by atoms with van der Waals surface area (Å²) in [6.45, 7) is 1.90. The van der Waals surface area contributed by atoms with Gasteiger partial charge in [0, 0.05) is 32.1 Å². The SMILES string of the molecule is NC(=O)c1ncn2c(C(=O)N3CCN(C(=O)C4CC4)CC3)cc(-c3ccco3)nc12. The summed E-state index contributed by atoms with van der Waals surface area (Å²) < 4.78 is 6.89. The lowest BCUT2D eigenvalue weighted by atomic mass is 10.2. The van der Waals surface area contributed by atoms with E-state index >= 15 is 0 Å². The Morgan fingerprint density at radius 1 is 1.10 bits per heavy atom. The van der Waals surface area contributed by atoms with Gasteiger partial charge in [0.15, 0.2) is 17.1 Å². The molecule has 1 aliphatic heterocycles. The van der Waals surface area contributed by atoms with Crippen LogP contribution < -0.4 is 5.73 Å². The van der Waals surface area contributed by atoms with Crippen molar-refractivity contribution in [3.05, 3.63) is 42.2 Å². The largest absolute Gasteiger partial charge is 0.463 e. The van der Waals surface area contributed by atoms with Gasteiger partial charge in [0.25, 0.3) is 11.8 Å². The zero-order chi connectivity index (χ0) is 20.8. The van der Waals surface area contributed by atoms with Crippen LogP contribution in [0.1, 0.15) is 33.8 Å². The molecule has 10 heteroatoms. The van der Waals surface area contributed by atoms with E-state index in [1.807, 2.05) is 4.90 Å². The van der Waals surface area contributed by atoms with E-state index in [0.29, 0.717) is 43.3 Å². The molecule has 0 bridgehead atoms. The monoisotopic (exact) mass is 408 g/mol. The second kappa shape index (κ2) is 6.97. The predicted octanol–water partition coefficient (Wildman–Crippen LogP) is 0.783. The van der Waals surface area contributed by atoms with E-state index in [4.69, 9.17) is 10.2 Å². The van der Waals surface area contributed by atoms with Crippen LogP contribution in [0.3, 0.4) is 0 Å². The van der Waals surface area contributed by atoms with Crippen molar-refractivity contribution in [3.8, 4) is 11.5 Å². The first-order valence-corrected chi connectivity index (χ1v) is 9.83. The van der Waals surface area contributed by atoms with Crippen molar-refractivity contribution in [3.63, 3.8) is 0 Å². The molecule has 154 valence electrons. The zero-order valence-electron chi connectivity index (χ0n) is 16.2. The summed E-state index contributed by atoms with van der Waals surface area (Å²) in [6.07, 6.45) is 4.80. The number of rotatable bonds is 4. The maximum atomic E-state index is 13.3. The number of carbonyl (C=O) groups is 3. The van der Waals surface area contributed by atoms with Gasteiger partial charge in [-0.25, -0.2) is 9.97 Å². The van der Waals surface area contributed by atoms with Crippen LogP contribution >= 0.6 is 0 Å². The molecule has 2 fully saturated rings. The van der Waals surface area contributed by atoms with Gasteiger partial charge in [-0.15, -0.1) is 0 Å². The standard InChI is InChI=1S/C20H20N6O4/c21-17(27)16-18-23-13(15-2-1-9-30-15)10-14(26(18)11-22-16)20(29)25-7-5-24(6-8-25)19(28)12-3-4-12/h1-2,9-12H,3-8H2,(H2,21,27). The van der Waals surface area contributed by atoms with Crippen molar-refractivity contribution < 1.29 is 18.8 Å². The molecule has 0 radical (unpaired) electrons. The van der Waals surface area contributed by atoms with Gasteiger partial charge in [-0.2, -0.15) is 0 Å². The highest BCUT2D eigenvalue weighted by Crippen LogP contribution is 2.31. The number of fused-ring (bicyclic) bond motifs is 1. The van der Waals surface area contributed by atoms with E-state index in [-0.39, 0.29) is 29.1 Å².